The van der Waals surface area contributed by atoms with Gasteiger partial charge in [-0.3, -0.25) is 0 Å². The van der Waals surface area contributed by atoms with Crippen LogP contribution in [-0.4, -0.2) is 37.6 Å². The van der Waals surface area contributed by atoms with Crippen LogP contribution >= 0.6 is 0 Å². The van der Waals surface area contributed by atoms with Gasteiger partial charge in [-0.15, -0.1) is 0 Å². The van der Waals surface area contributed by atoms with Crippen molar-refractivity contribution in [2.75, 3.05) is 26.7 Å². The standard InChI is InChI=1S/C15H34N2/c1-7-10-16-15(14(5)8-2)12-17(6)11-9-13(3)4/h13-16H,7-12H2,1-6H3. The highest BCUT2D eigenvalue weighted by atomic mass is 15.1. The Hall–Kier alpha value is -0.0800. The summed E-state index contributed by atoms with van der Waals surface area (Å²) in [5, 5.41) is 3.70. The molecule has 0 aliphatic carbocycles. The molecule has 0 amide bonds. The van der Waals surface area contributed by atoms with Gasteiger partial charge in [0.1, 0.15) is 0 Å². The first-order chi connectivity index (χ1) is 8.01. The zero-order chi connectivity index (χ0) is 13.3. The van der Waals surface area contributed by atoms with Crippen molar-refractivity contribution in [3.05, 3.63) is 0 Å². The lowest BCUT2D eigenvalue weighted by Gasteiger charge is -2.29. The molecule has 0 saturated heterocycles. The van der Waals surface area contributed by atoms with Gasteiger partial charge in [-0.2, -0.15) is 0 Å². The van der Waals surface area contributed by atoms with Crippen LogP contribution in [0.1, 0.15) is 53.9 Å². The molecule has 0 fully saturated rings. The van der Waals surface area contributed by atoms with Gasteiger partial charge in [-0.25, -0.2) is 0 Å². The topological polar surface area (TPSA) is 15.3 Å². The minimum absolute atomic E-state index is 0.650. The molecule has 0 aliphatic rings. The van der Waals surface area contributed by atoms with Crippen molar-refractivity contribution in [1.29, 1.82) is 0 Å². The molecule has 0 spiro atoms. The second-order valence-electron chi connectivity index (χ2n) is 5.89. The van der Waals surface area contributed by atoms with Crippen LogP contribution < -0.4 is 5.32 Å². The normalized spacial score (nSPS) is 15.5. The fraction of sp³-hybridized carbons (Fsp3) is 1.00. The van der Waals surface area contributed by atoms with Gasteiger partial charge in [0.15, 0.2) is 0 Å². The summed E-state index contributed by atoms with van der Waals surface area (Å²) in [5.74, 6) is 1.58. The van der Waals surface area contributed by atoms with Crippen LogP contribution in [0.5, 0.6) is 0 Å². The molecule has 0 saturated carbocycles. The first kappa shape index (κ1) is 16.9. The largest absolute Gasteiger partial charge is 0.312 e. The Bertz CT molecular complexity index is 168. The molecule has 17 heavy (non-hydrogen) atoms. The van der Waals surface area contributed by atoms with Gasteiger partial charge in [0, 0.05) is 12.6 Å². The Morgan fingerprint density at radius 1 is 1.12 bits per heavy atom. The molecular weight excluding hydrogens is 208 g/mol. The lowest BCUT2D eigenvalue weighted by atomic mass is 9.98. The maximum atomic E-state index is 3.70. The van der Waals surface area contributed by atoms with Gasteiger partial charge in [0.05, 0.1) is 0 Å². The van der Waals surface area contributed by atoms with Crippen LogP contribution in [-0.2, 0) is 0 Å². The van der Waals surface area contributed by atoms with Crippen molar-refractivity contribution in [1.82, 2.24) is 10.2 Å². The van der Waals surface area contributed by atoms with Crippen LogP contribution in [0.3, 0.4) is 0 Å². The molecule has 2 nitrogen and oxygen atoms in total. The zero-order valence-electron chi connectivity index (χ0n) is 12.9. The van der Waals surface area contributed by atoms with E-state index in [4.69, 9.17) is 0 Å². The predicted molar refractivity (Wildman–Crippen MR) is 78.5 cm³/mol. The molecule has 2 atom stereocenters. The minimum atomic E-state index is 0.650. The average Bonchev–Trinajstić information content (AvgIpc) is 2.30. The van der Waals surface area contributed by atoms with E-state index in [2.05, 4.69) is 51.9 Å². The molecule has 0 aliphatic heterocycles. The van der Waals surface area contributed by atoms with E-state index in [-0.39, 0.29) is 0 Å². The van der Waals surface area contributed by atoms with E-state index in [1.54, 1.807) is 0 Å². The molecular formula is C15H34N2. The van der Waals surface area contributed by atoms with Crippen molar-refractivity contribution in [2.24, 2.45) is 11.8 Å². The van der Waals surface area contributed by atoms with E-state index in [1.165, 1.54) is 32.4 Å². The molecule has 0 rings (SSSR count). The maximum Gasteiger partial charge on any atom is 0.0220 e. The van der Waals surface area contributed by atoms with Crippen LogP contribution in [0, 0.1) is 11.8 Å². The molecule has 0 aromatic rings. The highest BCUT2D eigenvalue weighted by Crippen LogP contribution is 2.10. The number of nitrogens with zero attached hydrogens (tertiary/aromatic N) is 1. The monoisotopic (exact) mass is 242 g/mol. The van der Waals surface area contributed by atoms with Crippen LogP contribution in [0.2, 0.25) is 0 Å². The number of likely N-dealkylation sites (N-methyl/N-ethyl adjacent to an activating group) is 1. The molecule has 0 bridgehead atoms. The fourth-order valence-corrected chi connectivity index (χ4v) is 1.97. The molecule has 0 heterocycles. The summed E-state index contributed by atoms with van der Waals surface area (Å²) in [7, 11) is 2.26. The molecule has 0 radical (unpaired) electrons. The maximum absolute atomic E-state index is 3.70. The predicted octanol–water partition coefficient (Wildman–Crippen LogP) is 3.38. The third-order valence-electron chi connectivity index (χ3n) is 3.58. The first-order valence-electron chi connectivity index (χ1n) is 7.43. The summed E-state index contributed by atoms with van der Waals surface area (Å²) >= 11 is 0. The van der Waals surface area contributed by atoms with Gasteiger partial charge in [0.2, 0.25) is 0 Å². The van der Waals surface area contributed by atoms with Crippen molar-refractivity contribution in [2.45, 2.75) is 59.9 Å². The third-order valence-corrected chi connectivity index (χ3v) is 3.58. The van der Waals surface area contributed by atoms with Crippen molar-refractivity contribution in [3.63, 3.8) is 0 Å². The lowest BCUT2D eigenvalue weighted by Crippen LogP contribution is -2.44. The molecule has 2 heteroatoms. The van der Waals surface area contributed by atoms with Crippen LogP contribution in [0.25, 0.3) is 0 Å². The summed E-state index contributed by atoms with van der Waals surface area (Å²) in [6, 6.07) is 0.650. The molecule has 104 valence electrons. The third kappa shape index (κ3) is 8.62. The summed E-state index contributed by atoms with van der Waals surface area (Å²) in [5.41, 5.74) is 0. The Morgan fingerprint density at radius 3 is 2.24 bits per heavy atom. The molecule has 0 aromatic carbocycles. The Morgan fingerprint density at radius 2 is 1.76 bits per heavy atom. The van der Waals surface area contributed by atoms with E-state index in [0.29, 0.717) is 6.04 Å². The Labute approximate surface area is 109 Å². The van der Waals surface area contributed by atoms with E-state index in [0.717, 1.165) is 18.4 Å². The Kier molecular flexibility index (Phi) is 9.85. The number of rotatable bonds is 10. The quantitative estimate of drug-likeness (QED) is 0.632. The summed E-state index contributed by atoms with van der Waals surface area (Å²) in [4.78, 5) is 2.49. The number of hydrogen-bond donors (Lipinski definition) is 1. The van der Waals surface area contributed by atoms with Gasteiger partial charge in [-0.1, -0.05) is 41.0 Å². The van der Waals surface area contributed by atoms with Crippen molar-refractivity contribution >= 4 is 0 Å². The second kappa shape index (κ2) is 9.90. The fourth-order valence-electron chi connectivity index (χ4n) is 1.97. The minimum Gasteiger partial charge on any atom is -0.312 e. The summed E-state index contributed by atoms with van der Waals surface area (Å²) < 4.78 is 0. The highest BCUT2D eigenvalue weighted by Gasteiger charge is 2.16. The zero-order valence-corrected chi connectivity index (χ0v) is 12.9. The van der Waals surface area contributed by atoms with E-state index >= 15 is 0 Å². The van der Waals surface area contributed by atoms with Crippen molar-refractivity contribution in [3.8, 4) is 0 Å². The molecule has 0 aromatic heterocycles. The van der Waals surface area contributed by atoms with Gasteiger partial charge >= 0.3 is 0 Å². The second-order valence-corrected chi connectivity index (χ2v) is 5.89. The average molecular weight is 242 g/mol. The molecule has 2 unspecified atom stereocenters. The first-order valence-corrected chi connectivity index (χ1v) is 7.43. The van der Waals surface area contributed by atoms with Gasteiger partial charge in [0.25, 0.3) is 0 Å². The Balaban J connectivity index is 4.03. The van der Waals surface area contributed by atoms with Crippen LogP contribution in [0.15, 0.2) is 0 Å². The summed E-state index contributed by atoms with van der Waals surface area (Å²) in [6.07, 6.45) is 3.79. The van der Waals surface area contributed by atoms with Crippen molar-refractivity contribution < 1.29 is 0 Å². The smallest absolute Gasteiger partial charge is 0.0220 e. The summed E-state index contributed by atoms with van der Waals surface area (Å²) in [6.45, 7) is 15.0. The van der Waals surface area contributed by atoms with E-state index in [1.807, 2.05) is 0 Å². The van der Waals surface area contributed by atoms with Gasteiger partial charge in [-0.05, 0) is 44.8 Å². The van der Waals surface area contributed by atoms with Crippen LogP contribution in [0.4, 0.5) is 0 Å². The van der Waals surface area contributed by atoms with Gasteiger partial charge < -0.3 is 10.2 Å². The number of hydrogen-bond acceptors (Lipinski definition) is 2. The lowest BCUT2D eigenvalue weighted by molar-refractivity contribution is 0.235. The van der Waals surface area contributed by atoms with E-state index in [9.17, 15) is 0 Å². The SMILES string of the molecule is CCCNC(CN(C)CCC(C)C)C(C)CC. The molecule has 1 N–H and O–H groups in total. The highest BCUT2D eigenvalue weighted by molar-refractivity contribution is 4.75. The number of nitrogens with one attached hydrogen (secondary N) is 1. The van der Waals surface area contributed by atoms with E-state index < -0.39 is 0 Å².